The van der Waals surface area contributed by atoms with E-state index >= 15 is 0 Å². The van der Waals surface area contributed by atoms with Gasteiger partial charge in [0.25, 0.3) is 0 Å². The third kappa shape index (κ3) is 3.87. The molecular weight excluding hydrogens is 194 g/mol. The van der Waals surface area contributed by atoms with E-state index in [1.165, 1.54) is 0 Å². The second-order valence-corrected chi connectivity index (χ2v) is 3.83. The fourth-order valence-electron chi connectivity index (χ4n) is 1.45. The predicted molar refractivity (Wildman–Crippen MR) is 57.3 cm³/mol. The van der Waals surface area contributed by atoms with Gasteiger partial charge in [-0.05, 0) is 13.3 Å². The van der Waals surface area contributed by atoms with Gasteiger partial charge < -0.3 is 15.5 Å². The predicted octanol–water partition coefficient (Wildman–Crippen LogP) is -0.667. The molecule has 0 aromatic carbocycles. The molecule has 0 aromatic heterocycles. The highest BCUT2D eigenvalue weighted by Gasteiger charge is 2.18. The van der Waals surface area contributed by atoms with Crippen molar-refractivity contribution in [3.8, 4) is 0 Å². The van der Waals surface area contributed by atoms with Crippen molar-refractivity contribution < 1.29 is 9.59 Å². The Bertz CT molecular complexity index is 233. The lowest BCUT2D eigenvalue weighted by Gasteiger charge is -2.24. The van der Waals surface area contributed by atoms with Crippen LogP contribution in [0.2, 0.25) is 0 Å². The first kappa shape index (κ1) is 12.0. The van der Waals surface area contributed by atoms with Gasteiger partial charge in [-0.15, -0.1) is 0 Å². The summed E-state index contributed by atoms with van der Waals surface area (Å²) in [5.41, 5.74) is 0. The summed E-state index contributed by atoms with van der Waals surface area (Å²) in [6.07, 6.45) is 1.37. The zero-order chi connectivity index (χ0) is 11.3. The molecule has 0 bridgehead atoms. The molecule has 2 N–H and O–H groups in total. The van der Waals surface area contributed by atoms with Crippen LogP contribution in [0.3, 0.4) is 0 Å². The maximum atomic E-state index is 11.5. The van der Waals surface area contributed by atoms with Crippen molar-refractivity contribution in [2.75, 3.05) is 26.7 Å². The van der Waals surface area contributed by atoms with E-state index in [1.807, 2.05) is 6.92 Å². The molecule has 0 aromatic rings. The Hall–Kier alpha value is -1.10. The maximum absolute atomic E-state index is 11.5. The fourth-order valence-corrected chi connectivity index (χ4v) is 1.45. The number of rotatable bonds is 4. The molecule has 1 aliphatic heterocycles. The van der Waals surface area contributed by atoms with E-state index in [0.717, 1.165) is 13.0 Å². The zero-order valence-electron chi connectivity index (χ0n) is 9.38. The summed E-state index contributed by atoms with van der Waals surface area (Å²) in [5.74, 6) is 0.194. The Morgan fingerprint density at radius 3 is 2.93 bits per heavy atom. The lowest BCUT2D eigenvalue weighted by Crippen LogP contribution is -2.48. The maximum Gasteiger partial charge on any atom is 0.236 e. The summed E-state index contributed by atoms with van der Waals surface area (Å²) < 4.78 is 0. The number of nitrogens with one attached hydrogen (secondary N) is 2. The van der Waals surface area contributed by atoms with Gasteiger partial charge in [0.1, 0.15) is 0 Å². The van der Waals surface area contributed by atoms with Gasteiger partial charge in [0, 0.05) is 32.6 Å². The summed E-state index contributed by atoms with van der Waals surface area (Å²) in [4.78, 5) is 24.0. The van der Waals surface area contributed by atoms with Crippen LogP contribution in [0.25, 0.3) is 0 Å². The number of amides is 2. The number of likely N-dealkylation sites (N-methyl/N-ethyl adjacent to an activating group) is 1. The molecule has 15 heavy (non-hydrogen) atoms. The molecule has 1 rings (SSSR count). The van der Waals surface area contributed by atoms with Crippen molar-refractivity contribution >= 4 is 11.8 Å². The summed E-state index contributed by atoms with van der Waals surface area (Å²) in [6.45, 7) is 3.65. The first-order chi connectivity index (χ1) is 7.13. The molecule has 5 nitrogen and oxygen atoms in total. The van der Waals surface area contributed by atoms with Crippen LogP contribution in [0.4, 0.5) is 0 Å². The van der Waals surface area contributed by atoms with Gasteiger partial charge in [0.2, 0.25) is 11.8 Å². The van der Waals surface area contributed by atoms with Crippen molar-refractivity contribution in [3.05, 3.63) is 0 Å². The van der Waals surface area contributed by atoms with Crippen molar-refractivity contribution in [3.63, 3.8) is 0 Å². The van der Waals surface area contributed by atoms with Crippen molar-refractivity contribution in [2.45, 2.75) is 25.8 Å². The average molecular weight is 213 g/mol. The van der Waals surface area contributed by atoms with Crippen LogP contribution in [0.15, 0.2) is 0 Å². The molecule has 86 valence electrons. The van der Waals surface area contributed by atoms with E-state index in [9.17, 15) is 9.59 Å². The molecule has 0 saturated carbocycles. The molecule has 0 aliphatic carbocycles. The van der Waals surface area contributed by atoms with Crippen molar-refractivity contribution in [1.29, 1.82) is 0 Å². The Kier molecular flexibility index (Phi) is 4.55. The second kappa shape index (κ2) is 5.70. The monoisotopic (exact) mass is 213 g/mol. The standard InChI is InChI=1S/C10H19N3O2/c1-3-13(2)10(15)7-11-8-4-5-9(14)12-6-8/h8,11H,3-7H2,1-2H3,(H,12,14). The Balaban J connectivity index is 2.20. The third-order valence-electron chi connectivity index (χ3n) is 2.71. The molecule has 1 saturated heterocycles. The van der Waals surface area contributed by atoms with Crippen LogP contribution in [-0.4, -0.2) is 49.4 Å². The minimum Gasteiger partial charge on any atom is -0.355 e. The van der Waals surface area contributed by atoms with Crippen LogP contribution < -0.4 is 10.6 Å². The quantitative estimate of drug-likeness (QED) is 0.651. The van der Waals surface area contributed by atoms with Gasteiger partial charge in [-0.1, -0.05) is 0 Å². The number of hydrogen-bond acceptors (Lipinski definition) is 3. The van der Waals surface area contributed by atoms with E-state index < -0.39 is 0 Å². The van der Waals surface area contributed by atoms with E-state index in [4.69, 9.17) is 0 Å². The van der Waals surface area contributed by atoms with Crippen LogP contribution in [0.5, 0.6) is 0 Å². The summed E-state index contributed by atoms with van der Waals surface area (Å²) >= 11 is 0. The molecule has 1 atom stereocenters. The highest BCUT2D eigenvalue weighted by Crippen LogP contribution is 2.02. The Morgan fingerprint density at radius 2 is 2.40 bits per heavy atom. The van der Waals surface area contributed by atoms with Crippen molar-refractivity contribution in [1.82, 2.24) is 15.5 Å². The summed E-state index contributed by atoms with van der Waals surface area (Å²) in [6, 6.07) is 0.233. The topological polar surface area (TPSA) is 61.4 Å². The number of carbonyl (C=O) groups is 2. The molecule has 5 heteroatoms. The summed E-state index contributed by atoms with van der Waals surface area (Å²) in [5, 5.41) is 5.92. The molecule has 1 aliphatic rings. The third-order valence-corrected chi connectivity index (χ3v) is 2.71. The first-order valence-electron chi connectivity index (χ1n) is 5.37. The number of nitrogens with zero attached hydrogens (tertiary/aromatic N) is 1. The van der Waals surface area contributed by atoms with Gasteiger partial charge >= 0.3 is 0 Å². The van der Waals surface area contributed by atoms with E-state index in [-0.39, 0.29) is 17.9 Å². The highest BCUT2D eigenvalue weighted by atomic mass is 16.2. The van der Waals surface area contributed by atoms with E-state index in [0.29, 0.717) is 19.5 Å². The number of carbonyl (C=O) groups excluding carboxylic acids is 2. The zero-order valence-corrected chi connectivity index (χ0v) is 9.38. The first-order valence-corrected chi connectivity index (χ1v) is 5.37. The molecule has 0 spiro atoms. The number of piperidine rings is 1. The normalized spacial score (nSPS) is 20.9. The lowest BCUT2D eigenvalue weighted by molar-refractivity contribution is -0.128. The lowest BCUT2D eigenvalue weighted by atomic mass is 10.1. The molecular formula is C10H19N3O2. The molecule has 1 heterocycles. The molecule has 0 radical (unpaired) electrons. The second-order valence-electron chi connectivity index (χ2n) is 3.83. The molecule has 1 unspecified atom stereocenters. The van der Waals surface area contributed by atoms with Crippen LogP contribution in [0, 0.1) is 0 Å². The Morgan fingerprint density at radius 1 is 1.67 bits per heavy atom. The minimum atomic E-state index is 0.0920. The fraction of sp³-hybridized carbons (Fsp3) is 0.800. The van der Waals surface area contributed by atoms with Gasteiger partial charge in [0.15, 0.2) is 0 Å². The Labute approximate surface area is 90.2 Å². The smallest absolute Gasteiger partial charge is 0.236 e. The van der Waals surface area contributed by atoms with E-state index in [2.05, 4.69) is 10.6 Å². The average Bonchev–Trinajstić information content (AvgIpc) is 2.26. The minimum absolute atomic E-state index is 0.0920. The molecule has 1 fully saturated rings. The number of hydrogen-bond donors (Lipinski definition) is 2. The largest absolute Gasteiger partial charge is 0.355 e. The molecule has 2 amide bonds. The highest BCUT2D eigenvalue weighted by molar-refractivity contribution is 5.78. The van der Waals surface area contributed by atoms with Gasteiger partial charge in [0.05, 0.1) is 6.54 Å². The van der Waals surface area contributed by atoms with Crippen molar-refractivity contribution in [2.24, 2.45) is 0 Å². The van der Waals surface area contributed by atoms with E-state index in [1.54, 1.807) is 11.9 Å². The van der Waals surface area contributed by atoms with Crippen LogP contribution in [-0.2, 0) is 9.59 Å². The SMILES string of the molecule is CCN(C)C(=O)CNC1CCC(=O)NC1. The summed E-state index contributed by atoms with van der Waals surface area (Å²) in [7, 11) is 1.78. The van der Waals surface area contributed by atoms with Gasteiger partial charge in [-0.25, -0.2) is 0 Å². The van der Waals surface area contributed by atoms with Crippen LogP contribution in [0.1, 0.15) is 19.8 Å². The van der Waals surface area contributed by atoms with Gasteiger partial charge in [-0.3, -0.25) is 9.59 Å². The van der Waals surface area contributed by atoms with Gasteiger partial charge in [-0.2, -0.15) is 0 Å². The van der Waals surface area contributed by atoms with Crippen LogP contribution >= 0.6 is 0 Å².